The number of benzene rings is 2. The summed E-state index contributed by atoms with van der Waals surface area (Å²) < 4.78 is 0.581. The van der Waals surface area contributed by atoms with Crippen molar-refractivity contribution in [3.8, 4) is 0 Å². The topological polar surface area (TPSA) is 23.6 Å². The molecule has 1 saturated heterocycles. The summed E-state index contributed by atoms with van der Waals surface area (Å²) >= 11 is 6.85. The molecule has 2 aromatic carbocycles. The van der Waals surface area contributed by atoms with Crippen molar-refractivity contribution < 1.29 is 4.79 Å². The van der Waals surface area contributed by atoms with Crippen molar-refractivity contribution in [3.05, 3.63) is 64.1 Å². The van der Waals surface area contributed by atoms with E-state index in [0.717, 1.165) is 29.9 Å². The standard InChI is InChI=1S/C22H24N2OS2/c1-5-23(6-2)18-10-8-17(9-11-18)14-20-21(25)24(22(26)27-20)19-12-7-15(3)13-16(19)4/h7-14H,5-6H2,1-4H3/b20-14-. The molecule has 0 aromatic heterocycles. The maximum absolute atomic E-state index is 13.0. The Kier molecular flexibility index (Phi) is 6.02. The minimum absolute atomic E-state index is 0.0511. The van der Waals surface area contributed by atoms with Gasteiger partial charge in [0, 0.05) is 18.8 Å². The third-order valence-corrected chi connectivity index (χ3v) is 6.01. The van der Waals surface area contributed by atoms with Gasteiger partial charge in [0.2, 0.25) is 0 Å². The molecule has 1 amide bonds. The average molecular weight is 397 g/mol. The Morgan fingerprint density at radius 3 is 2.33 bits per heavy atom. The molecule has 27 heavy (non-hydrogen) atoms. The number of amides is 1. The molecule has 1 aliphatic rings. The van der Waals surface area contributed by atoms with Crippen LogP contribution in [-0.2, 0) is 4.79 Å². The highest BCUT2D eigenvalue weighted by Crippen LogP contribution is 2.37. The maximum atomic E-state index is 13.0. The summed E-state index contributed by atoms with van der Waals surface area (Å²) in [5.41, 5.74) is 5.29. The Morgan fingerprint density at radius 1 is 1.07 bits per heavy atom. The fraction of sp³-hybridized carbons (Fsp3) is 0.273. The van der Waals surface area contributed by atoms with Gasteiger partial charge in [-0.2, -0.15) is 0 Å². The number of thiocarbonyl (C=S) groups is 1. The summed E-state index contributed by atoms with van der Waals surface area (Å²) in [7, 11) is 0. The molecule has 0 N–H and O–H groups in total. The second-order valence-electron chi connectivity index (χ2n) is 6.57. The zero-order valence-corrected chi connectivity index (χ0v) is 17.8. The Labute approximate surface area is 171 Å². The highest BCUT2D eigenvalue weighted by molar-refractivity contribution is 8.27. The summed E-state index contributed by atoms with van der Waals surface area (Å²) in [4.78, 5) is 17.6. The molecule has 0 bridgehead atoms. The number of carbonyl (C=O) groups excluding carboxylic acids is 1. The minimum atomic E-state index is -0.0511. The molecular weight excluding hydrogens is 372 g/mol. The Hall–Kier alpha value is -2.11. The van der Waals surface area contributed by atoms with Crippen LogP contribution in [0.2, 0.25) is 0 Å². The van der Waals surface area contributed by atoms with Crippen molar-refractivity contribution in [1.29, 1.82) is 0 Å². The lowest BCUT2D eigenvalue weighted by atomic mass is 10.1. The van der Waals surface area contributed by atoms with Crippen molar-refractivity contribution in [3.63, 3.8) is 0 Å². The number of anilines is 2. The highest BCUT2D eigenvalue weighted by Gasteiger charge is 2.34. The first-order chi connectivity index (χ1) is 12.9. The van der Waals surface area contributed by atoms with E-state index in [0.29, 0.717) is 9.23 Å². The zero-order valence-electron chi connectivity index (χ0n) is 16.2. The van der Waals surface area contributed by atoms with Gasteiger partial charge in [-0.1, -0.05) is 53.8 Å². The van der Waals surface area contributed by atoms with Crippen molar-refractivity contribution >= 4 is 51.7 Å². The summed E-state index contributed by atoms with van der Waals surface area (Å²) in [5.74, 6) is -0.0511. The van der Waals surface area contributed by atoms with Gasteiger partial charge < -0.3 is 4.90 Å². The Morgan fingerprint density at radius 2 is 1.74 bits per heavy atom. The molecule has 1 aliphatic heterocycles. The van der Waals surface area contributed by atoms with E-state index in [9.17, 15) is 4.79 Å². The molecule has 2 aromatic rings. The van der Waals surface area contributed by atoms with Crippen LogP contribution in [-0.4, -0.2) is 23.3 Å². The quantitative estimate of drug-likeness (QED) is 0.488. The fourth-order valence-corrected chi connectivity index (χ4v) is 4.54. The van der Waals surface area contributed by atoms with Crippen LogP contribution in [0.1, 0.15) is 30.5 Å². The monoisotopic (exact) mass is 396 g/mol. The summed E-state index contributed by atoms with van der Waals surface area (Å²) in [5, 5.41) is 0. The van der Waals surface area contributed by atoms with Gasteiger partial charge in [0.15, 0.2) is 4.32 Å². The first-order valence-corrected chi connectivity index (χ1v) is 10.4. The molecule has 5 heteroatoms. The van der Waals surface area contributed by atoms with Crippen molar-refractivity contribution in [2.24, 2.45) is 0 Å². The van der Waals surface area contributed by atoms with Gasteiger partial charge in [-0.15, -0.1) is 0 Å². The maximum Gasteiger partial charge on any atom is 0.270 e. The molecule has 140 valence electrons. The molecule has 1 heterocycles. The van der Waals surface area contributed by atoms with E-state index in [4.69, 9.17) is 12.2 Å². The van der Waals surface area contributed by atoms with Gasteiger partial charge in [-0.05, 0) is 63.1 Å². The van der Waals surface area contributed by atoms with E-state index < -0.39 is 0 Å². The SMILES string of the molecule is CCN(CC)c1ccc(/C=C2\SC(=S)N(c3ccc(C)cc3C)C2=O)cc1. The van der Waals surface area contributed by atoms with E-state index in [1.54, 1.807) is 4.90 Å². The first kappa shape index (κ1) is 19.6. The molecule has 3 rings (SSSR count). The lowest BCUT2D eigenvalue weighted by Gasteiger charge is -2.20. The largest absolute Gasteiger partial charge is 0.372 e. The Bertz CT molecular complexity index is 899. The van der Waals surface area contributed by atoms with Crippen LogP contribution in [0.5, 0.6) is 0 Å². The number of carbonyl (C=O) groups is 1. The smallest absolute Gasteiger partial charge is 0.270 e. The molecular formula is C22H24N2OS2. The molecule has 1 fully saturated rings. The fourth-order valence-electron chi connectivity index (χ4n) is 3.25. The molecule has 0 aliphatic carbocycles. The third-order valence-electron chi connectivity index (χ3n) is 4.71. The van der Waals surface area contributed by atoms with E-state index in [-0.39, 0.29) is 5.91 Å². The number of hydrogen-bond acceptors (Lipinski definition) is 4. The molecule has 0 saturated carbocycles. The molecule has 0 radical (unpaired) electrons. The second kappa shape index (κ2) is 8.28. The van der Waals surface area contributed by atoms with Crippen LogP contribution in [0.15, 0.2) is 47.4 Å². The van der Waals surface area contributed by atoms with Gasteiger partial charge in [0.1, 0.15) is 0 Å². The lowest BCUT2D eigenvalue weighted by molar-refractivity contribution is -0.113. The van der Waals surface area contributed by atoms with Gasteiger partial charge in [0.05, 0.1) is 10.6 Å². The number of nitrogens with zero attached hydrogens (tertiary/aromatic N) is 2. The number of hydrogen-bond donors (Lipinski definition) is 0. The van der Waals surface area contributed by atoms with Crippen LogP contribution in [0.3, 0.4) is 0 Å². The van der Waals surface area contributed by atoms with E-state index in [1.807, 2.05) is 32.1 Å². The second-order valence-corrected chi connectivity index (χ2v) is 8.25. The average Bonchev–Trinajstić information content (AvgIpc) is 2.91. The van der Waals surface area contributed by atoms with Gasteiger partial charge in [-0.3, -0.25) is 9.69 Å². The molecule has 3 nitrogen and oxygen atoms in total. The predicted molar refractivity (Wildman–Crippen MR) is 122 cm³/mol. The lowest BCUT2D eigenvalue weighted by Crippen LogP contribution is -2.28. The summed E-state index contributed by atoms with van der Waals surface area (Å²) in [6.45, 7) is 10.3. The van der Waals surface area contributed by atoms with Gasteiger partial charge >= 0.3 is 0 Å². The molecule has 0 unspecified atom stereocenters. The van der Waals surface area contributed by atoms with Crippen LogP contribution < -0.4 is 9.80 Å². The van der Waals surface area contributed by atoms with Crippen molar-refractivity contribution in [2.45, 2.75) is 27.7 Å². The highest BCUT2D eigenvalue weighted by atomic mass is 32.2. The predicted octanol–water partition coefficient (Wildman–Crippen LogP) is 5.56. The number of thioether (sulfide) groups is 1. The van der Waals surface area contributed by atoms with E-state index in [2.05, 4.69) is 49.1 Å². The minimum Gasteiger partial charge on any atom is -0.372 e. The number of aryl methyl sites for hydroxylation is 2. The summed E-state index contributed by atoms with van der Waals surface area (Å²) in [6.07, 6.45) is 1.93. The van der Waals surface area contributed by atoms with Crippen LogP contribution in [0.25, 0.3) is 6.08 Å². The van der Waals surface area contributed by atoms with Crippen LogP contribution in [0, 0.1) is 13.8 Å². The van der Waals surface area contributed by atoms with Crippen molar-refractivity contribution in [1.82, 2.24) is 0 Å². The molecule has 0 spiro atoms. The zero-order chi connectivity index (χ0) is 19.6. The van der Waals surface area contributed by atoms with Gasteiger partial charge in [0.25, 0.3) is 5.91 Å². The van der Waals surface area contributed by atoms with E-state index >= 15 is 0 Å². The van der Waals surface area contributed by atoms with Crippen LogP contribution in [0.4, 0.5) is 11.4 Å². The molecule has 0 atom stereocenters. The Balaban J connectivity index is 1.86. The normalized spacial score (nSPS) is 15.7. The van der Waals surface area contributed by atoms with Crippen LogP contribution >= 0.6 is 24.0 Å². The van der Waals surface area contributed by atoms with Gasteiger partial charge in [-0.25, -0.2) is 0 Å². The van der Waals surface area contributed by atoms with Crippen molar-refractivity contribution in [2.75, 3.05) is 22.9 Å². The first-order valence-electron chi connectivity index (χ1n) is 9.14. The third kappa shape index (κ3) is 4.09. The van der Waals surface area contributed by atoms with E-state index in [1.165, 1.54) is 23.0 Å². The number of rotatable bonds is 5. The summed E-state index contributed by atoms with van der Waals surface area (Å²) in [6, 6.07) is 14.4.